The number of aromatic nitrogens is 2. The van der Waals surface area contributed by atoms with E-state index in [2.05, 4.69) is 23.9 Å². The van der Waals surface area contributed by atoms with Crippen molar-refractivity contribution >= 4 is 5.91 Å². The van der Waals surface area contributed by atoms with Gasteiger partial charge >= 0.3 is 0 Å². The molecule has 1 N–H and O–H groups in total. The first-order chi connectivity index (χ1) is 13.8. The summed E-state index contributed by atoms with van der Waals surface area (Å²) in [6.07, 6.45) is 3.03. The molecule has 0 bridgehead atoms. The Bertz CT molecular complexity index is 930. The van der Waals surface area contributed by atoms with E-state index in [4.69, 9.17) is 9.47 Å². The van der Waals surface area contributed by atoms with Gasteiger partial charge in [0.05, 0.1) is 26.0 Å². The van der Waals surface area contributed by atoms with Gasteiger partial charge in [0.1, 0.15) is 0 Å². The van der Waals surface area contributed by atoms with Gasteiger partial charge in [-0.1, -0.05) is 12.2 Å². The van der Waals surface area contributed by atoms with Crippen LogP contribution in [0.3, 0.4) is 0 Å². The molecule has 0 radical (unpaired) electrons. The topological polar surface area (TPSA) is 65.4 Å². The fourth-order valence-corrected chi connectivity index (χ4v) is 4.07. The Morgan fingerprint density at radius 1 is 1.28 bits per heavy atom. The highest BCUT2D eigenvalue weighted by Gasteiger charge is 2.26. The molecule has 0 unspecified atom stereocenters. The zero-order valence-corrected chi connectivity index (χ0v) is 18.1. The summed E-state index contributed by atoms with van der Waals surface area (Å²) in [7, 11) is 3.27. The molecule has 1 aromatic heterocycles. The van der Waals surface area contributed by atoms with Crippen molar-refractivity contribution in [3.05, 3.63) is 52.4 Å². The van der Waals surface area contributed by atoms with Gasteiger partial charge in [-0.3, -0.25) is 9.48 Å². The largest absolute Gasteiger partial charge is 0.493 e. The average molecular weight is 398 g/mol. The molecular weight excluding hydrogens is 366 g/mol. The van der Waals surface area contributed by atoms with E-state index >= 15 is 0 Å². The van der Waals surface area contributed by atoms with E-state index in [-0.39, 0.29) is 11.9 Å². The lowest BCUT2D eigenvalue weighted by atomic mass is 10.1. The number of carbonyl (C=O) groups is 1. The van der Waals surface area contributed by atoms with Crippen LogP contribution in [0.25, 0.3) is 0 Å². The van der Waals surface area contributed by atoms with Crippen molar-refractivity contribution in [2.75, 3.05) is 14.2 Å². The number of methoxy groups -OCH3 is 2. The number of amides is 1. The molecule has 0 fully saturated rings. The minimum absolute atomic E-state index is 0.0109. The molecule has 6 nitrogen and oxygen atoms in total. The summed E-state index contributed by atoms with van der Waals surface area (Å²) in [4.78, 5) is 12.6. The molecule has 0 spiro atoms. The van der Waals surface area contributed by atoms with Crippen LogP contribution < -0.4 is 14.8 Å². The predicted octanol–water partition coefficient (Wildman–Crippen LogP) is 3.83. The smallest absolute Gasteiger partial charge is 0.222 e. The summed E-state index contributed by atoms with van der Waals surface area (Å²) in [6.45, 7) is 10.7. The molecule has 29 heavy (non-hydrogen) atoms. The van der Waals surface area contributed by atoms with Crippen LogP contribution in [-0.2, 0) is 24.2 Å². The lowest BCUT2D eigenvalue weighted by Crippen LogP contribution is -2.28. The van der Waals surface area contributed by atoms with Crippen LogP contribution in [-0.4, -0.2) is 29.9 Å². The monoisotopic (exact) mass is 397 g/mol. The molecule has 0 saturated carbocycles. The molecule has 3 rings (SSSR count). The lowest BCUT2D eigenvalue weighted by molar-refractivity contribution is -0.122. The molecule has 1 aliphatic rings. The maximum Gasteiger partial charge on any atom is 0.222 e. The van der Waals surface area contributed by atoms with Gasteiger partial charge in [-0.05, 0) is 68.9 Å². The summed E-state index contributed by atoms with van der Waals surface area (Å²) in [6, 6.07) is 4.01. The van der Waals surface area contributed by atoms with E-state index in [9.17, 15) is 4.79 Å². The standard InChI is InChI=1S/C23H31N3O3/c1-14(2)11-18-15(3)25-26(16(18)4)10-9-23(27)24-20-8-7-17-12-21(28-5)22(29-6)13-19(17)20/h12-13,20H,1,7-11H2,2-6H3,(H,24,27)/t20-/m1/s1. The molecule has 0 saturated heterocycles. The summed E-state index contributed by atoms with van der Waals surface area (Å²) in [5.41, 5.74) is 6.77. The molecule has 1 aromatic carbocycles. The number of hydrogen-bond acceptors (Lipinski definition) is 4. The average Bonchev–Trinajstić information content (AvgIpc) is 3.19. The summed E-state index contributed by atoms with van der Waals surface area (Å²) >= 11 is 0. The van der Waals surface area contributed by atoms with Crippen LogP contribution >= 0.6 is 0 Å². The van der Waals surface area contributed by atoms with E-state index in [1.807, 2.05) is 30.7 Å². The fourth-order valence-electron chi connectivity index (χ4n) is 4.07. The van der Waals surface area contributed by atoms with Crippen molar-refractivity contribution in [3.63, 3.8) is 0 Å². The van der Waals surface area contributed by atoms with Gasteiger partial charge in [-0.2, -0.15) is 5.10 Å². The van der Waals surface area contributed by atoms with Crippen LogP contribution in [0.5, 0.6) is 11.5 Å². The molecule has 6 heteroatoms. The Kier molecular flexibility index (Phi) is 6.30. The second-order valence-electron chi connectivity index (χ2n) is 7.82. The van der Waals surface area contributed by atoms with Crippen LogP contribution in [0, 0.1) is 13.8 Å². The van der Waals surface area contributed by atoms with Gasteiger partial charge in [-0.25, -0.2) is 0 Å². The van der Waals surface area contributed by atoms with Crippen LogP contribution in [0.4, 0.5) is 0 Å². The number of allylic oxidation sites excluding steroid dienone is 1. The number of carbonyl (C=O) groups excluding carboxylic acids is 1. The number of nitrogens with one attached hydrogen (secondary N) is 1. The van der Waals surface area contributed by atoms with Crippen LogP contribution in [0.15, 0.2) is 24.3 Å². The van der Waals surface area contributed by atoms with Gasteiger partial charge < -0.3 is 14.8 Å². The molecular formula is C23H31N3O3. The van der Waals surface area contributed by atoms with E-state index in [0.717, 1.165) is 47.5 Å². The maximum atomic E-state index is 12.6. The predicted molar refractivity (Wildman–Crippen MR) is 114 cm³/mol. The highest BCUT2D eigenvalue weighted by atomic mass is 16.5. The van der Waals surface area contributed by atoms with Crippen LogP contribution in [0.2, 0.25) is 0 Å². The number of aryl methyl sites for hydroxylation is 3. The number of nitrogens with zero attached hydrogens (tertiary/aromatic N) is 2. The second-order valence-corrected chi connectivity index (χ2v) is 7.82. The SMILES string of the molecule is C=C(C)Cc1c(C)nn(CCC(=O)N[C@@H]2CCc3cc(OC)c(OC)cc32)c1C. The quantitative estimate of drug-likeness (QED) is 0.688. The van der Waals surface area contributed by atoms with Crippen molar-refractivity contribution < 1.29 is 14.3 Å². The first kappa shape index (κ1) is 21.0. The van der Waals surface area contributed by atoms with Gasteiger partial charge in [-0.15, -0.1) is 0 Å². The number of benzene rings is 1. The van der Waals surface area contributed by atoms with Crippen molar-refractivity contribution in [2.45, 2.75) is 59.0 Å². The number of hydrogen-bond donors (Lipinski definition) is 1. The van der Waals surface area contributed by atoms with Crippen molar-refractivity contribution in [1.29, 1.82) is 0 Å². The van der Waals surface area contributed by atoms with Crippen LogP contribution in [0.1, 0.15) is 53.9 Å². The second kappa shape index (κ2) is 8.72. The Labute approximate surface area is 172 Å². The highest BCUT2D eigenvalue weighted by Crippen LogP contribution is 2.39. The van der Waals surface area contributed by atoms with E-state index < -0.39 is 0 Å². The summed E-state index contributed by atoms with van der Waals surface area (Å²) in [5.74, 6) is 1.46. The number of rotatable bonds is 8. The van der Waals surface area contributed by atoms with Gasteiger partial charge in [0.15, 0.2) is 11.5 Å². The first-order valence-corrected chi connectivity index (χ1v) is 10.1. The Morgan fingerprint density at radius 2 is 1.97 bits per heavy atom. The Morgan fingerprint density at radius 3 is 2.62 bits per heavy atom. The Balaban J connectivity index is 1.64. The third-order valence-corrected chi connectivity index (χ3v) is 5.62. The first-order valence-electron chi connectivity index (χ1n) is 10.1. The minimum atomic E-state index is 0.0109. The number of fused-ring (bicyclic) bond motifs is 1. The molecule has 1 aliphatic carbocycles. The zero-order valence-electron chi connectivity index (χ0n) is 18.1. The fraction of sp³-hybridized carbons (Fsp3) is 0.478. The third kappa shape index (κ3) is 4.47. The normalized spacial score (nSPS) is 15.1. The zero-order chi connectivity index (χ0) is 21.1. The highest BCUT2D eigenvalue weighted by molar-refractivity contribution is 5.76. The van der Waals surface area contributed by atoms with E-state index in [0.29, 0.717) is 18.7 Å². The number of ether oxygens (including phenoxy) is 2. The molecule has 2 aromatic rings. The molecule has 1 heterocycles. The minimum Gasteiger partial charge on any atom is -0.493 e. The molecule has 1 atom stereocenters. The van der Waals surface area contributed by atoms with Crippen molar-refractivity contribution in [3.8, 4) is 11.5 Å². The summed E-state index contributed by atoms with van der Waals surface area (Å²) < 4.78 is 12.7. The molecule has 156 valence electrons. The lowest BCUT2D eigenvalue weighted by Gasteiger charge is -2.16. The van der Waals surface area contributed by atoms with Gasteiger partial charge in [0.2, 0.25) is 5.91 Å². The van der Waals surface area contributed by atoms with Crippen molar-refractivity contribution in [2.24, 2.45) is 0 Å². The maximum absolute atomic E-state index is 12.6. The van der Waals surface area contributed by atoms with Crippen molar-refractivity contribution in [1.82, 2.24) is 15.1 Å². The van der Waals surface area contributed by atoms with E-state index in [1.165, 1.54) is 11.1 Å². The third-order valence-electron chi connectivity index (χ3n) is 5.62. The molecule has 1 amide bonds. The van der Waals surface area contributed by atoms with Gasteiger partial charge in [0.25, 0.3) is 0 Å². The summed E-state index contributed by atoms with van der Waals surface area (Å²) in [5, 5.41) is 7.79. The van der Waals surface area contributed by atoms with Gasteiger partial charge in [0, 0.05) is 18.7 Å². The Hall–Kier alpha value is -2.76. The molecule has 0 aliphatic heterocycles. The van der Waals surface area contributed by atoms with E-state index in [1.54, 1.807) is 14.2 Å².